The van der Waals surface area contributed by atoms with Crippen molar-refractivity contribution in [2.45, 2.75) is 33.1 Å². The first kappa shape index (κ1) is 13.7. The Labute approximate surface area is 125 Å². The predicted octanol–water partition coefficient (Wildman–Crippen LogP) is 4.29. The summed E-state index contributed by atoms with van der Waals surface area (Å²) in [6.07, 6.45) is 2.57. The molecule has 2 aromatic rings. The van der Waals surface area contributed by atoms with Crippen LogP contribution in [0.5, 0.6) is 0 Å². The Kier molecular flexibility index (Phi) is 3.46. The van der Waals surface area contributed by atoms with Crippen LogP contribution in [0.2, 0.25) is 0 Å². The number of benzene rings is 2. The van der Waals surface area contributed by atoms with Crippen molar-refractivity contribution in [2.24, 2.45) is 0 Å². The van der Waals surface area contributed by atoms with Gasteiger partial charge in [-0.2, -0.15) is 0 Å². The van der Waals surface area contributed by atoms with E-state index >= 15 is 0 Å². The summed E-state index contributed by atoms with van der Waals surface area (Å²) in [5.74, 6) is 0. The molecule has 0 atom stereocenters. The lowest BCUT2D eigenvalue weighted by Crippen LogP contribution is -2.18. The molecule has 1 aliphatic carbocycles. The minimum atomic E-state index is 0.567. The molecule has 2 nitrogen and oxygen atoms in total. The molecule has 0 fully saturated rings. The van der Waals surface area contributed by atoms with Gasteiger partial charge in [-0.15, -0.1) is 0 Å². The smallest absolute Gasteiger partial charge is 0.0696 e. The molecule has 106 valence electrons. The van der Waals surface area contributed by atoms with Crippen LogP contribution in [0.3, 0.4) is 0 Å². The van der Waals surface area contributed by atoms with Crippen LogP contribution in [-0.2, 0) is 12.8 Å². The van der Waals surface area contributed by atoms with Crippen molar-refractivity contribution in [1.29, 1.82) is 10.8 Å². The van der Waals surface area contributed by atoms with E-state index in [0.717, 1.165) is 36.0 Å². The lowest BCUT2D eigenvalue weighted by molar-refractivity contribution is 1.00. The lowest BCUT2D eigenvalue weighted by Gasteiger charge is -2.22. The maximum Gasteiger partial charge on any atom is 0.0696 e. The average Bonchev–Trinajstić information content (AvgIpc) is 2.51. The van der Waals surface area contributed by atoms with E-state index in [9.17, 15) is 0 Å². The second kappa shape index (κ2) is 5.28. The molecule has 0 amide bonds. The summed E-state index contributed by atoms with van der Waals surface area (Å²) in [5, 5.41) is 17.0. The minimum absolute atomic E-state index is 0.567. The topological polar surface area (TPSA) is 47.7 Å². The molecular weight excluding hydrogens is 256 g/mol. The van der Waals surface area contributed by atoms with Crippen molar-refractivity contribution in [3.63, 3.8) is 0 Å². The SMILES string of the molecule is CCc1ccc2c(c1C)C(=N)c1ccccc1C(=N)CC2. The third-order valence-corrected chi connectivity index (χ3v) is 4.46. The number of hydrogen-bond acceptors (Lipinski definition) is 2. The van der Waals surface area contributed by atoms with Crippen molar-refractivity contribution in [3.8, 4) is 0 Å². The molecule has 0 aliphatic heterocycles. The van der Waals surface area contributed by atoms with Crippen molar-refractivity contribution in [3.05, 3.63) is 69.8 Å². The maximum absolute atomic E-state index is 8.70. The average molecular weight is 276 g/mol. The Morgan fingerprint density at radius 2 is 1.67 bits per heavy atom. The van der Waals surface area contributed by atoms with E-state index in [1.54, 1.807) is 0 Å². The zero-order chi connectivity index (χ0) is 15.0. The van der Waals surface area contributed by atoms with Gasteiger partial charge >= 0.3 is 0 Å². The quantitative estimate of drug-likeness (QED) is 0.780. The summed E-state index contributed by atoms with van der Waals surface area (Å²) in [7, 11) is 0. The first-order chi connectivity index (χ1) is 10.1. The molecule has 1 aliphatic rings. The Morgan fingerprint density at radius 1 is 0.952 bits per heavy atom. The van der Waals surface area contributed by atoms with Crippen molar-refractivity contribution < 1.29 is 0 Å². The van der Waals surface area contributed by atoms with Gasteiger partial charge in [-0.05, 0) is 42.9 Å². The van der Waals surface area contributed by atoms with Gasteiger partial charge in [-0.1, -0.05) is 43.3 Å². The summed E-state index contributed by atoms with van der Waals surface area (Å²) < 4.78 is 0. The first-order valence-corrected chi connectivity index (χ1v) is 7.51. The summed E-state index contributed by atoms with van der Waals surface area (Å²) in [6, 6.07) is 12.2. The fraction of sp³-hybridized carbons (Fsp3) is 0.263. The van der Waals surface area contributed by atoms with Crippen LogP contribution in [-0.4, -0.2) is 11.4 Å². The van der Waals surface area contributed by atoms with Crippen LogP contribution in [0.15, 0.2) is 36.4 Å². The Morgan fingerprint density at radius 3 is 2.38 bits per heavy atom. The van der Waals surface area contributed by atoms with Crippen LogP contribution in [0.1, 0.15) is 46.7 Å². The van der Waals surface area contributed by atoms with E-state index in [2.05, 4.69) is 26.0 Å². The standard InChI is InChI=1S/C19H20N2/c1-3-13-8-9-14-10-11-17(20)15-6-4-5-7-16(15)19(21)18(14)12(13)2/h4-9,20-21H,3,10-11H2,1-2H3. The fourth-order valence-corrected chi connectivity index (χ4v) is 3.24. The van der Waals surface area contributed by atoms with Crippen molar-refractivity contribution in [1.82, 2.24) is 0 Å². The molecule has 2 N–H and O–H groups in total. The number of nitrogens with one attached hydrogen (secondary N) is 2. The highest BCUT2D eigenvalue weighted by Crippen LogP contribution is 2.28. The molecule has 21 heavy (non-hydrogen) atoms. The molecular formula is C19H20N2. The van der Waals surface area contributed by atoms with Gasteiger partial charge in [-0.25, -0.2) is 0 Å². The minimum Gasteiger partial charge on any atom is -0.305 e. The number of hydrogen-bond donors (Lipinski definition) is 2. The normalized spacial score (nSPS) is 14.2. The Balaban J connectivity index is 2.27. The first-order valence-electron chi connectivity index (χ1n) is 7.51. The van der Waals surface area contributed by atoms with Crippen LogP contribution in [0.25, 0.3) is 0 Å². The second-order valence-electron chi connectivity index (χ2n) is 5.64. The number of rotatable bonds is 1. The predicted molar refractivity (Wildman–Crippen MR) is 88.1 cm³/mol. The Hall–Kier alpha value is -2.22. The molecule has 0 radical (unpaired) electrons. The van der Waals surface area contributed by atoms with Gasteiger partial charge in [-0.3, -0.25) is 5.41 Å². The van der Waals surface area contributed by atoms with Gasteiger partial charge in [0.15, 0.2) is 0 Å². The van der Waals surface area contributed by atoms with Crippen LogP contribution in [0.4, 0.5) is 0 Å². The zero-order valence-corrected chi connectivity index (χ0v) is 12.6. The maximum atomic E-state index is 8.70. The molecule has 0 saturated heterocycles. The highest BCUT2D eigenvalue weighted by molar-refractivity contribution is 6.19. The van der Waals surface area contributed by atoms with E-state index in [0.29, 0.717) is 11.4 Å². The molecule has 0 aromatic heterocycles. The molecule has 0 spiro atoms. The fourth-order valence-electron chi connectivity index (χ4n) is 3.24. The zero-order valence-electron chi connectivity index (χ0n) is 12.6. The number of fused-ring (bicyclic) bond motifs is 2. The van der Waals surface area contributed by atoms with Crippen LogP contribution < -0.4 is 0 Å². The van der Waals surface area contributed by atoms with E-state index < -0.39 is 0 Å². The lowest BCUT2D eigenvalue weighted by atomic mass is 9.83. The molecule has 3 rings (SSSR count). The van der Waals surface area contributed by atoms with Crippen molar-refractivity contribution >= 4 is 11.4 Å². The van der Waals surface area contributed by atoms with Gasteiger partial charge < -0.3 is 5.41 Å². The highest BCUT2D eigenvalue weighted by Gasteiger charge is 2.21. The largest absolute Gasteiger partial charge is 0.305 e. The summed E-state index contributed by atoms with van der Waals surface area (Å²) in [4.78, 5) is 0. The summed E-state index contributed by atoms with van der Waals surface area (Å²) >= 11 is 0. The van der Waals surface area contributed by atoms with Gasteiger partial charge in [0.2, 0.25) is 0 Å². The summed E-state index contributed by atoms with van der Waals surface area (Å²) in [5.41, 5.74) is 7.82. The molecule has 0 unspecified atom stereocenters. The van der Waals surface area contributed by atoms with Gasteiger partial charge in [0.25, 0.3) is 0 Å². The van der Waals surface area contributed by atoms with Crippen molar-refractivity contribution in [2.75, 3.05) is 0 Å². The van der Waals surface area contributed by atoms with Gasteiger partial charge in [0.1, 0.15) is 0 Å². The highest BCUT2D eigenvalue weighted by atomic mass is 14.5. The molecule has 2 heteroatoms. The molecule has 2 aromatic carbocycles. The second-order valence-corrected chi connectivity index (χ2v) is 5.64. The van der Waals surface area contributed by atoms with E-state index in [4.69, 9.17) is 10.8 Å². The van der Waals surface area contributed by atoms with Gasteiger partial charge in [0, 0.05) is 22.4 Å². The van der Waals surface area contributed by atoms with Crippen LogP contribution >= 0.6 is 0 Å². The van der Waals surface area contributed by atoms with Crippen LogP contribution in [0, 0.1) is 17.7 Å². The Bertz CT molecular complexity index is 741. The third-order valence-electron chi connectivity index (χ3n) is 4.46. The summed E-state index contributed by atoms with van der Waals surface area (Å²) in [6.45, 7) is 4.28. The van der Waals surface area contributed by atoms with E-state index in [1.807, 2.05) is 24.3 Å². The van der Waals surface area contributed by atoms with E-state index in [1.165, 1.54) is 16.7 Å². The van der Waals surface area contributed by atoms with Gasteiger partial charge in [0.05, 0.1) is 5.71 Å². The molecule has 0 heterocycles. The van der Waals surface area contributed by atoms with E-state index in [-0.39, 0.29) is 0 Å². The third kappa shape index (κ3) is 2.21. The molecule has 0 saturated carbocycles. The monoisotopic (exact) mass is 276 g/mol. The number of aryl methyl sites for hydroxylation is 2. The molecule has 0 bridgehead atoms.